The van der Waals surface area contributed by atoms with Crippen molar-refractivity contribution in [2.45, 2.75) is 37.1 Å². The molecule has 6 heteroatoms. The van der Waals surface area contributed by atoms with Crippen LogP contribution in [-0.2, 0) is 16.0 Å². The average molecular weight is 309 g/mol. The quantitative estimate of drug-likeness (QED) is 0.842. The summed E-state index contributed by atoms with van der Waals surface area (Å²) in [5.74, 6) is -0.475. The van der Waals surface area contributed by atoms with Gasteiger partial charge in [0.1, 0.15) is 5.75 Å². The van der Waals surface area contributed by atoms with Crippen LogP contribution in [0.25, 0.3) is 0 Å². The molecule has 1 unspecified atom stereocenters. The van der Waals surface area contributed by atoms with Gasteiger partial charge in [-0.05, 0) is 48.3 Å². The summed E-state index contributed by atoms with van der Waals surface area (Å²) in [5.41, 5.74) is 0.180. The van der Waals surface area contributed by atoms with Gasteiger partial charge in [-0.15, -0.1) is 0 Å². The van der Waals surface area contributed by atoms with Crippen molar-refractivity contribution in [2.75, 3.05) is 12.3 Å². The first-order chi connectivity index (χ1) is 10.0. The first-order valence-electron chi connectivity index (χ1n) is 7.04. The van der Waals surface area contributed by atoms with E-state index in [1.807, 2.05) is 11.8 Å². The molecule has 1 N–H and O–H groups in total. The number of hydrogen-bond acceptors (Lipinski definition) is 3. The van der Waals surface area contributed by atoms with Gasteiger partial charge >= 0.3 is 5.97 Å². The van der Waals surface area contributed by atoms with E-state index in [1.54, 1.807) is 12.1 Å². The summed E-state index contributed by atoms with van der Waals surface area (Å²) in [7, 11) is 0. The van der Waals surface area contributed by atoms with Gasteiger partial charge in [-0.1, -0.05) is 6.92 Å². The van der Waals surface area contributed by atoms with Crippen LogP contribution in [-0.4, -0.2) is 44.8 Å². The molecule has 1 aliphatic rings. The van der Waals surface area contributed by atoms with Crippen LogP contribution < -0.4 is 0 Å². The Kier molecular flexibility index (Phi) is 5.25. The molecule has 114 valence electrons. The maximum Gasteiger partial charge on any atom is 0.335 e. The fourth-order valence-electron chi connectivity index (χ4n) is 2.56. The van der Waals surface area contributed by atoms with Crippen molar-refractivity contribution in [1.82, 2.24) is 4.90 Å². The van der Waals surface area contributed by atoms with Crippen LogP contribution in [0.5, 0.6) is 0 Å². The Hall–Kier alpha value is -1.53. The van der Waals surface area contributed by atoms with Gasteiger partial charge in [0.25, 0.3) is 0 Å². The number of carbonyl (C=O) groups excluding carboxylic acids is 1. The summed E-state index contributed by atoms with van der Waals surface area (Å²) in [6, 6.07) is 6.11. The summed E-state index contributed by atoms with van der Waals surface area (Å²) in [6.45, 7) is 2.58. The number of nitrogens with zero attached hydrogens (tertiary/aromatic N) is 1. The SMILES string of the molecule is CCC(=O)N1CCC[C@H]1C[S+]([O-])c1ccc(C(=O)O)cc1. The molecule has 0 aliphatic carbocycles. The van der Waals surface area contributed by atoms with Gasteiger partial charge in [-0.2, -0.15) is 0 Å². The molecule has 0 aromatic heterocycles. The maximum atomic E-state index is 12.4. The van der Waals surface area contributed by atoms with Crippen molar-refractivity contribution >= 4 is 23.1 Å². The van der Waals surface area contributed by atoms with Crippen LogP contribution in [0.2, 0.25) is 0 Å². The van der Waals surface area contributed by atoms with Crippen molar-refractivity contribution in [2.24, 2.45) is 0 Å². The molecule has 1 heterocycles. The zero-order valence-electron chi connectivity index (χ0n) is 11.9. The van der Waals surface area contributed by atoms with E-state index in [0.29, 0.717) is 17.1 Å². The molecular weight excluding hydrogens is 290 g/mol. The van der Waals surface area contributed by atoms with Crippen molar-refractivity contribution in [1.29, 1.82) is 0 Å². The molecule has 1 aromatic carbocycles. The molecule has 0 bridgehead atoms. The van der Waals surface area contributed by atoms with Crippen LogP contribution in [0.4, 0.5) is 0 Å². The van der Waals surface area contributed by atoms with Gasteiger partial charge in [-0.3, -0.25) is 4.79 Å². The smallest absolute Gasteiger partial charge is 0.335 e. The van der Waals surface area contributed by atoms with Gasteiger partial charge in [0.2, 0.25) is 5.91 Å². The van der Waals surface area contributed by atoms with E-state index in [1.165, 1.54) is 12.1 Å². The number of likely N-dealkylation sites (tertiary alicyclic amines) is 1. The van der Waals surface area contributed by atoms with Gasteiger partial charge in [0.15, 0.2) is 4.90 Å². The normalized spacial score (nSPS) is 19.5. The van der Waals surface area contributed by atoms with Gasteiger partial charge in [0, 0.05) is 13.0 Å². The van der Waals surface area contributed by atoms with E-state index in [2.05, 4.69) is 0 Å². The van der Waals surface area contributed by atoms with Crippen molar-refractivity contribution in [3.8, 4) is 0 Å². The van der Waals surface area contributed by atoms with Gasteiger partial charge in [0.05, 0.1) is 11.6 Å². The molecule has 0 radical (unpaired) electrons. The zero-order chi connectivity index (χ0) is 15.4. The van der Waals surface area contributed by atoms with E-state index >= 15 is 0 Å². The third kappa shape index (κ3) is 3.77. The Morgan fingerprint density at radius 3 is 2.62 bits per heavy atom. The minimum absolute atomic E-state index is 0.0254. The number of carboxylic acids is 1. The standard InChI is InChI=1S/C15H19NO4S/c1-2-14(17)16-9-3-4-12(16)10-21(20)13-7-5-11(6-8-13)15(18)19/h5-8,12H,2-4,9-10H2,1H3,(H,18,19)/t12-,21?/m0/s1. The summed E-state index contributed by atoms with van der Waals surface area (Å²) in [5, 5.41) is 8.85. The first-order valence-corrected chi connectivity index (χ1v) is 8.36. The lowest BCUT2D eigenvalue weighted by Gasteiger charge is -2.24. The number of aromatic carboxylic acids is 1. The van der Waals surface area contributed by atoms with E-state index in [0.717, 1.165) is 19.4 Å². The Bertz CT molecular complexity index is 517. The van der Waals surface area contributed by atoms with Crippen molar-refractivity contribution in [3.63, 3.8) is 0 Å². The lowest BCUT2D eigenvalue weighted by atomic mass is 10.2. The summed E-state index contributed by atoms with van der Waals surface area (Å²) < 4.78 is 12.4. The number of rotatable bonds is 5. The predicted octanol–water partition coefficient (Wildman–Crippen LogP) is 1.89. The lowest BCUT2D eigenvalue weighted by molar-refractivity contribution is -0.131. The molecule has 21 heavy (non-hydrogen) atoms. The summed E-state index contributed by atoms with van der Waals surface area (Å²) in [6.07, 6.45) is 2.30. The Morgan fingerprint density at radius 1 is 1.38 bits per heavy atom. The van der Waals surface area contributed by atoms with Crippen LogP contribution in [0, 0.1) is 0 Å². The molecule has 1 saturated heterocycles. The minimum atomic E-state index is -1.22. The Labute approximate surface area is 127 Å². The average Bonchev–Trinajstić information content (AvgIpc) is 2.94. The highest BCUT2D eigenvalue weighted by Gasteiger charge is 2.31. The monoisotopic (exact) mass is 309 g/mol. The molecule has 1 fully saturated rings. The molecule has 5 nitrogen and oxygen atoms in total. The number of amides is 1. The minimum Gasteiger partial charge on any atom is -0.611 e. The number of benzene rings is 1. The number of carboxylic acid groups (broad SMARTS) is 1. The first kappa shape index (κ1) is 15.9. The molecule has 1 aliphatic heterocycles. The highest BCUT2D eigenvalue weighted by atomic mass is 32.2. The highest BCUT2D eigenvalue weighted by molar-refractivity contribution is 7.91. The fourth-order valence-corrected chi connectivity index (χ4v) is 3.89. The molecule has 1 aromatic rings. The second kappa shape index (κ2) is 6.95. The van der Waals surface area contributed by atoms with E-state index in [4.69, 9.17) is 5.11 Å². The second-order valence-electron chi connectivity index (χ2n) is 5.08. The molecule has 0 spiro atoms. The third-order valence-corrected chi connectivity index (χ3v) is 5.19. The lowest BCUT2D eigenvalue weighted by Crippen LogP contribution is -2.39. The molecule has 2 rings (SSSR count). The van der Waals surface area contributed by atoms with E-state index < -0.39 is 17.1 Å². The third-order valence-electron chi connectivity index (χ3n) is 3.71. The van der Waals surface area contributed by atoms with Crippen LogP contribution in [0.15, 0.2) is 29.2 Å². The molecule has 2 atom stereocenters. The molecule has 1 amide bonds. The van der Waals surface area contributed by atoms with Gasteiger partial charge < -0.3 is 14.6 Å². The van der Waals surface area contributed by atoms with Crippen LogP contribution in [0.1, 0.15) is 36.5 Å². The van der Waals surface area contributed by atoms with Gasteiger partial charge in [-0.25, -0.2) is 4.79 Å². The van der Waals surface area contributed by atoms with E-state index in [-0.39, 0.29) is 17.5 Å². The van der Waals surface area contributed by atoms with Crippen molar-refractivity contribution < 1.29 is 19.2 Å². The summed E-state index contributed by atoms with van der Waals surface area (Å²) in [4.78, 5) is 25.0. The fraction of sp³-hybridized carbons (Fsp3) is 0.467. The summed E-state index contributed by atoms with van der Waals surface area (Å²) >= 11 is -1.22. The number of carbonyl (C=O) groups is 2. The predicted molar refractivity (Wildman–Crippen MR) is 79.7 cm³/mol. The largest absolute Gasteiger partial charge is 0.611 e. The zero-order valence-corrected chi connectivity index (χ0v) is 12.8. The Balaban J connectivity index is 2.01. The molecular formula is C15H19NO4S. The van der Waals surface area contributed by atoms with Crippen molar-refractivity contribution in [3.05, 3.63) is 29.8 Å². The van der Waals surface area contributed by atoms with Crippen LogP contribution >= 0.6 is 0 Å². The second-order valence-corrected chi connectivity index (χ2v) is 6.57. The topological polar surface area (TPSA) is 80.7 Å². The molecule has 0 saturated carbocycles. The highest BCUT2D eigenvalue weighted by Crippen LogP contribution is 2.23. The Morgan fingerprint density at radius 2 is 2.05 bits per heavy atom. The number of hydrogen-bond donors (Lipinski definition) is 1. The van der Waals surface area contributed by atoms with E-state index in [9.17, 15) is 14.1 Å². The maximum absolute atomic E-state index is 12.4. The van der Waals surface area contributed by atoms with Crippen LogP contribution in [0.3, 0.4) is 0 Å².